The maximum Gasteiger partial charge on any atom is 0.376 e. The zero-order chi connectivity index (χ0) is 20.4. The van der Waals surface area contributed by atoms with Crippen LogP contribution in [0.2, 0.25) is 0 Å². The number of halogens is 2. The number of carbonyl (C=O) groups is 2. The lowest BCUT2D eigenvalue weighted by Gasteiger charge is -2.14. The number of aliphatic hydroxyl groups is 1. The molecule has 0 aliphatic rings. The Balaban J connectivity index is 2.19. The van der Waals surface area contributed by atoms with Gasteiger partial charge >= 0.3 is 5.97 Å². The number of hydrogen-bond donors (Lipinski definition) is 2. The Bertz CT molecular complexity index is 1180. The summed E-state index contributed by atoms with van der Waals surface area (Å²) in [5.41, 5.74) is -0.241. The van der Waals surface area contributed by atoms with Crippen molar-refractivity contribution in [3.05, 3.63) is 87.7 Å². The van der Waals surface area contributed by atoms with Crippen molar-refractivity contribution in [2.75, 3.05) is 0 Å². The van der Waals surface area contributed by atoms with Gasteiger partial charge in [-0.15, -0.1) is 0 Å². The Kier molecular flexibility index (Phi) is 5.04. The van der Waals surface area contributed by atoms with E-state index in [1.807, 2.05) is 0 Å². The lowest BCUT2D eigenvalue weighted by Crippen LogP contribution is -2.16. The van der Waals surface area contributed by atoms with Crippen molar-refractivity contribution in [1.29, 1.82) is 0 Å². The normalized spacial score (nSPS) is 11.6. The highest BCUT2D eigenvalue weighted by Crippen LogP contribution is 2.18. The maximum atomic E-state index is 13.5. The van der Waals surface area contributed by atoms with Crippen LogP contribution >= 0.6 is 0 Å². The molecule has 0 bridgehead atoms. The summed E-state index contributed by atoms with van der Waals surface area (Å²) in [5.74, 6) is -5.54. The number of para-hydroxylation sites is 1. The second-order valence-electron chi connectivity index (χ2n) is 5.99. The number of aliphatic carboxylic acids is 1. The Hall–Kier alpha value is -3.81. The van der Waals surface area contributed by atoms with Gasteiger partial charge in [-0.1, -0.05) is 12.1 Å². The molecule has 8 heteroatoms. The molecule has 0 unspecified atom stereocenters. The molecular weight excluding hydrogens is 372 g/mol. The molecule has 142 valence electrons. The molecule has 0 radical (unpaired) electrons. The van der Waals surface area contributed by atoms with Gasteiger partial charge in [-0.2, -0.15) is 0 Å². The molecule has 1 aromatic heterocycles. The van der Waals surface area contributed by atoms with E-state index in [0.717, 1.165) is 18.2 Å². The van der Waals surface area contributed by atoms with Crippen LogP contribution in [0.1, 0.15) is 11.1 Å². The van der Waals surface area contributed by atoms with Gasteiger partial charge < -0.3 is 14.8 Å². The third kappa shape index (κ3) is 3.80. The van der Waals surface area contributed by atoms with Gasteiger partial charge in [0.2, 0.25) is 0 Å². The first-order valence-electron chi connectivity index (χ1n) is 8.01. The lowest BCUT2D eigenvalue weighted by atomic mass is 10.1. The van der Waals surface area contributed by atoms with E-state index in [1.165, 1.54) is 16.8 Å². The molecule has 2 aromatic carbocycles. The molecule has 2 N–H and O–H groups in total. The van der Waals surface area contributed by atoms with E-state index >= 15 is 0 Å². The third-order valence-electron chi connectivity index (χ3n) is 4.02. The largest absolute Gasteiger partial charge is 0.507 e. The van der Waals surface area contributed by atoms with E-state index in [0.29, 0.717) is 11.6 Å². The number of ketones is 1. The number of pyridine rings is 1. The molecule has 28 heavy (non-hydrogen) atoms. The van der Waals surface area contributed by atoms with Gasteiger partial charge in [-0.3, -0.25) is 9.59 Å². The smallest absolute Gasteiger partial charge is 0.376 e. The summed E-state index contributed by atoms with van der Waals surface area (Å²) < 4.78 is 28.5. The standard InChI is InChI=1S/C20H13F2NO5/c21-12-5-11(6-13(22)7-12)9-23-10-15(17(24)8-18(25)20(27)28)19(26)14-3-1-2-4-16(14)23/h1-8,10,24H,9H2,(H,27,28)/b17-8-. The van der Waals surface area contributed by atoms with Crippen molar-refractivity contribution in [2.24, 2.45) is 0 Å². The van der Waals surface area contributed by atoms with E-state index in [4.69, 9.17) is 5.11 Å². The fourth-order valence-electron chi connectivity index (χ4n) is 2.82. The first-order chi connectivity index (χ1) is 13.3. The van der Waals surface area contributed by atoms with Crippen molar-refractivity contribution < 1.29 is 28.6 Å². The van der Waals surface area contributed by atoms with E-state index in [9.17, 15) is 28.3 Å². The molecule has 0 saturated heterocycles. The van der Waals surface area contributed by atoms with Crippen molar-refractivity contribution >= 4 is 28.4 Å². The summed E-state index contributed by atoms with van der Waals surface area (Å²) in [6.07, 6.45) is 1.63. The summed E-state index contributed by atoms with van der Waals surface area (Å²) in [5, 5.41) is 18.9. The van der Waals surface area contributed by atoms with Gasteiger partial charge in [0, 0.05) is 30.3 Å². The van der Waals surface area contributed by atoms with Gasteiger partial charge in [-0.25, -0.2) is 13.6 Å². The van der Waals surface area contributed by atoms with E-state index in [2.05, 4.69) is 0 Å². The summed E-state index contributed by atoms with van der Waals surface area (Å²) >= 11 is 0. The van der Waals surface area contributed by atoms with Gasteiger partial charge in [0.15, 0.2) is 5.43 Å². The van der Waals surface area contributed by atoms with Crippen LogP contribution < -0.4 is 5.43 Å². The number of carboxylic acids is 1. The van der Waals surface area contributed by atoms with Gasteiger partial charge in [-0.05, 0) is 29.8 Å². The molecule has 0 aliphatic heterocycles. The number of nitrogens with zero attached hydrogens (tertiary/aromatic N) is 1. The van der Waals surface area contributed by atoms with Crippen LogP contribution in [0.25, 0.3) is 16.7 Å². The molecule has 0 spiro atoms. The van der Waals surface area contributed by atoms with Crippen molar-refractivity contribution in [3.63, 3.8) is 0 Å². The second-order valence-corrected chi connectivity index (χ2v) is 5.99. The predicted octanol–water partition coefficient (Wildman–Crippen LogP) is 2.88. The number of carboxylic acid groups (broad SMARTS) is 1. The lowest BCUT2D eigenvalue weighted by molar-refractivity contribution is -0.146. The van der Waals surface area contributed by atoms with Crippen LogP contribution in [0.15, 0.2) is 59.5 Å². The number of hydrogen-bond acceptors (Lipinski definition) is 4. The summed E-state index contributed by atoms with van der Waals surface area (Å²) in [4.78, 5) is 34.6. The topological polar surface area (TPSA) is 96.6 Å². The molecule has 3 aromatic rings. The van der Waals surface area contributed by atoms with Gasteiger partial charge in [0.1, 0.15) is 17.4 Å². The van der Waals surface area contributed by atoms with E-state index in [1.54, 1.807) is 18.2 Å². The highest BCUT2D eigenvalue weighted by molar-refractivity contribution is 6.38. The molecule has 3 rings (SSSR count). The molecular formula is C20H13F2NO5. The Morgan fingerprint density at radius 1 is 1.04 bits per heavy atom. The zero-order valence-corrected chi connectivity index (χ0v) is 14.2. The molecule has 0 aliphatic carbocycles. The van der Waals surface area contributed by atoms with Crippen LogP contribution in [0.5, 0.6) is 0 Å². The third-order valence-corrected chi connectivity index (χ3v) is 4.02. The summed E-state index contributed by atoms with van der Waals surface area (Å²) in [6.45, 7) is -0.0391. The Morgan fingerprint density at radius 2 is 1.68 bits per heavy atom. The number of fused-ring (bicyclic) bond motifs is 1. The van der Waals surface area contributed by atoms with Crippen molar-refractivity contribution in [2.45, 2.75) is 6.54 Å². The number of aromatic nitrogens is 1. The zero-order valence-electron chi connectivity index (χ0n) is 14.2. The number of benzene rings is 2. The Labute approximate surface area is 156 Å². The van der Waals surface area contributed by atoms with E-state index in [-0.39, 0.29) is 23.1 Å². The molecule has 6 nitrogen and oxygen atoms in total. The van der Waals surface area contributed by atoms with Crippen LogP contribution in [0, 0.1) is 11.6 Å². The predicted molar refractivity (Wildman–Crippen MR) is 96.9 cm³/mol. The minimum absolute atomic E-state index is 0.0391. The quantitative estimate of drug-likeness (QED) is 0.400. The van der Waals surface area contributed by atoms with Crippen molar-refractivity contribution in [3.8, 4) is 0 Å². The SMILES string of the molecule is O=C(O)C(=O)/C=C(\O)c1cn(Cc2cc(F)cc(F)c2)c2ccccc2c1=O. The molecule has 0 atom stereocenters. The van der Waals surface area contributed by atoms with E-state index < -0.39 is 34.6 Å². The number of rotatable bonds is 5. The Morgan fingerprint density at radius 3 is 2.32 bits per heavy atom. The minimum Gasteiger partial charge on any atom is -0.507 e. The average Bonchev–Trinajstić information content (AvgIpc) is 2.63. The first kappa shape index (κ1) is 19.0. The average molecular weight is 385 g/mol. The van der Waals surface area contributed by atoms with Crippen LogP contribution in [0.3, 0.4) is 0 Å². The van der Waals surface area contributed by atoms with Gasteiger partial charge in [0.25, 0.3) is 5.78 Å². The fourth-order valence-corrected chi connectivity index (χ4v) is 2.82. The second kappa shape index (κ2) is 7.43. The van der Waals surface area contributed by atoms with Gasteiger partial charge in [0.05, 0.1) is 11.1 Å². The molecule has 1 heterocycles. The highest BCUT2D eigenvalue weighted by atomic mass is 19.1. The first-order valence-corrected chi connectivity index (χ1v) is 8.01. The summed E-state index contributed by atoms with van der Waals surface area (Å²) in [7, 11) is 0. The number of carbonyl (C=O) groups excluding carboxylic acids is 1. The molecule has 0 saturated carbocycles. The summed E-state index contributed by atoms with van der Waals surface area (Å²) in [6, 6.07) is 9.31. The monoisotopic (exact) mass is 385 g/mol. The molecule has 0 amide bonds. The number of aliphatic hydroxyl groups excluding tert-OH is 1. The van der Waals surface area contributed by atoms with Crippen LogP contribution in [0.4, 0.5) is 8.78 Å². The highest BCUT2D eigenvalue weighted by Gasteiger charge is 2.16. The molecule has 0 fully saturated rings. The maximum absolute atomic E-state index is 13.5. The minimum atomic E-state index is -1.79. The van der Waals surface area contributed by atoms with Crippen LogP contribution in [-0.2, 0) is 16.1 Å². The fraction of sp³-hybridized carbons (Fsp3) is 0.0500. The van der Waals surface area contributed by atoms with Crippen LogP contribution in [-0.4, -0.2) is 26.5 Å². The van der Waals surface area contributed by atoms with Crippen molar-refractivity contribution in [1.82, 2.24) is 4.57 Å².